The maximum atomic E-state index is 9.70. The number of hydrogen-bond donors (Lipinski definition) is 1. The van der Waals surface area contributed by atoms with Gasteiger partial charge >= 0.3 is 0 Å². The standard InChI is InChI=1S/C17H26N4/c1-3-9-20-17(13-18,16-4-5-16)14-21(2)12-8-15-6-10-19-11-7-15/h6-7,10-11,16,20H,3-5,8-9,12,14H2,1-2H3. The fraction of sp³-hybridized carbons (Fsp3) is 0.647. The molecule has 1 saturated carbocycles. The summed E-state index contributed by atoms with van der Waals surface area (Å²) < 4.78 is 0. The molecule has 1 fully saturated rings. The Morgan fingerprint density at radius 3 is 2.71 bits per heavy atom. The number of nitrogens with zero attached hydrogens (tertiary/aromatic N) is 3. The fourth-order valence-corrected chi connectivity index (χ4v) is 2.79. The van der Waals surface area contributed by atoms with E-state index in [1.165, 1.54) is 18.4 Å². The van der Waals surface area contributed by atoms with Crippen molar-refractivity contribution in [2.45, 2.75) is 38.1 Å². The Morgan fingerprint density at radius 1 is 1.43 bits per heavy atom. The zero-order valence-corrected chi connectivity index (χ0v) is 13.2. The van der Waals surface area contributed by atoms with Gasteiger partial charge in [0.05, 0.1) is 6.07 Å². The summed E-state index contributed by atoms with van der Waals surface area (Å²) >= 11 is 0. The van der Waals surface area contributed by atoms with Gasteiger partial charge < -0.3 is 4.90 Å². The first kappa shape index (κ1) is 15.9. The van der Waals surface area contributed by atoms with Gasteiger partial charge in [0.2, 0.25) is 0 Å². The van der Waals surface area contributed by atoms with Crippen molar-refractivity contribution >= 4 is 0 Å². The molecule has 1 aliphatic rings. The molecule has 1 heterocycles. The first-order valence-electron chi connectivity index (χ1n) is 7.94. The zero-order chi connectivity index (χ0) is 15.1. The molecule has 114 valence electrons. The van der Waals surface area contributed by atoms with Gasteiger partial charge in [0.25, 0.3) is 0 Å². The number of pyridine rings is 1. The van der Waals surface area contributed by atoms with Crippen LogP contribution in [0.25, 0.3) is 0 Å². The predicted octanol–water partition coefficient (Wildman–Crippen LogP) is 2.23. The lowest BCUT2D eigenvalue weighted by atomic mass is 9.93. The van der Waals surface area contributed by atoms with Crippen molar-refractivity contribution in [1.29, 1.82) is 5.26 Å². The average molecular weight is 286 g/mol. The van der Waals surface area contributed by atoms with E-state index in [2.05, 4.69) is 47.4 Å². The molecule has 0 saturated heterocycles. The Hall–Kier alpha value is -1.44. The van der Waals surface area contributed by atoms with E-state index in [1.807, 2.05) is 12.4 Å². The zero-order valence-electron chi connectivity index (χ0n) is 13.2. The summed E-state index contributed by atoms with van der Waals surface area (Å²) in [5.74, 6) is 0.525. The first-order chi connectivity index (χ1) is 10.2. The van der Waals surface area contributed by atoms with E-state index >= 15 is 0 Å². The van der Waals surface area contributed by atoms with Gasteiger partial charge in [-0.2, -0.15) is 5.26 Å². The second-order valence-electron chi connectivity index (χ2n) is 6.13. The largest absolute Gasteiger partial charge is 0.303 e. The summed E-state index contributed by atoms with van der Waals surface area (Å²) in [4.78, 5) is 6.33. The van der Waals surface area contributed by atoms with Gasteiger partial charge in [-0.25, -0.2) is 0 Å². The normalized spacial score (nSPS) is 17.4. The monoisotopic (exact) mass is 286 g/mol. The maximum absolute atomic E-state index is 9.70. The van der Waals surface area contributed by atoms with Crippen LogP contribution in [0.2, 0.25) is 0 Å². The molecule has 2 rings (SSSR count). The van der Waals surface area contributed by atoms with Crippen molar-refractivity contribution in [3.8, 4) is 6.07 Å². The van der Waals surface area contributed by atoms with Crippen LogP contribution in [-0.4, -0.2) is 42.1 Å². The van der Waals surface area contributed by atoms with E-state index in [1.54, 1.807) is 0 Å². The summed E-state index contributed by atoms with van der Waals surface area (Å²) in [6, 6.07) is 6.69. The number of nitriles is 1. The molecular weight excluding hydrogens is 260 g/mol. The maximum Gasteiger partial charge on any atom is 0.122 e. The topological polar surface area (TPSA) is 52.0 Å². The van der Waals surface area contributed by atoms with E-state index in [0.717, 1.165) is 32.5 Å². The number of likely N-dealkylation sites (N-methyl/N-ethyl adjacent to an activating group) is 1. The highest BCUT2D eigenvalue weighted by Crippen LogP contribution is 2.39. The minimum absolute atomic E-state index is 0.358. The molecule has 1 unspecified atom stereocenters. The molecule has 0 amide bonds. The van der Waals surface area contributed by atoms with E-state index in [-0.39, 0.29) is 5.54 Å². The van der Waals surface area contributed by atoms with Crippen molar-refractivity contribution in [2.24, 2.45) is 5.92 Å². The van der Waals surface area contributed by atoms with Crippen LogP contribution in [0.3, 0.4) is 0 Å². The van der Waals surface area contributed by atoms with Crippen LogP contribution in [0.1, 0.15) is 31.7 Å². The van der Waals surface area contributed by atoms with Gasteiger partial charge in [0, 0.05) is 25.5 Å². The summed E-state index contributed by atoms with van der Waals surface area (Å²) in [5, 5.41) is 13.2. The van der Waals surface area contributed by atoms with Gasteiger partial charge in [0.1, 0.15) is 5.54 Å². The van der Waals surface area contributed by atoms with Gasteiger partial charge in [-0.3, -0.25) is 10.3 Å². The number of hydrogen-bond acceptors (Lipinski definition) is 4. The molecule has 1 aromatic rings. The second kappa shape index (κ2) is 7.53. The number of rotatable bonds is 9. The molecule has 1 aliphatic carbocycles. The molecule has 1 aromatic heterocycles. The van der Waals surface area contributed by atoms with E-state index < -0.39 is 0 Å². The average Bonchev–Trinajstić information content (AvgIpc) is 3.36. The highest BCUT2D eigenvalue weighted by molar-refractivity contribution is 5.17. The van der Waals surface area contributed by atoms with E-state index in [9.17, 15) is 5.26 Å². The van der Waals surface area contributed by atoms with Crippen LogP contribution in [0.4, 0.5) is 0 Å². The van der Waals surface area contributed by atoms with Gasteiger partial charge in [-0.05, 0) is 62.9 Å². The van der Waals surface area contributed by atoms with Crippen molar-refractivity contribution in [2.75, 3.05) is 26.7 Å². The summed E-state index contributed by atoms with van der Waals surface area (Å²) in [7, 11) is 2.11. The summed E-state index contributed by atoms with van der Waals surface area (Å²) in [5.41, 5.74) is 0.940. The molecule has 0 bridgehead atoms. The van der Waals surface area contributed by atoms with Crippen molar-refractivity contribution in [3.05, 3.63) is 30.1 Å². The fourth-order valence-electron chi connectivity index (χ4n) is 2.79. The van der Waals surface area contributed by atoms with Gasteiger partial charge in [-0.15, -0.1) is 0 Å². The van der Waals surface area contributed by atoms with Crippen LogP contribution >= 0.6 is 0 Å². The van der Waals surface area contributed by atoms with Crippen LogP contribution < -0.4 is 5.32 Å². The molecule has 0 aliphatic heterocycles. The Kier molecular flexibility index (Phi) is 5.72. The van der Waals surface area contributed by atoms with Crippen molar-refractivity contribution in [3.63, 3.8) is 0 Å². The van der Waals surface area contributed by atoms with Gasteiger partial charge in [0.15, 0.2) is 0 Å². The van der Waals surface area contributed by atoms with Crippen LogP contribution in [-0.2, 0) is 6.42 Å². The Bertz CT molecular complexity index is 463. The van der Waals surface area contributed by atoms with E-state index in [0.29, 0.717) is 5.92 Å². The molecule has 21 heavy (non-hydrogen) atoms. The third-order valence-electron chi connectivity index (χ3n) is 4.22. The molecular formula is C17H26N4. The quantitative estimate of drug-likeness (QED) is 0.756. The first-order valence-corrected chi connectivity index (χ1v) is 7.94. The lowest BCUT2D eigenvalue weighted by Gasteiger charge is -2.32. The second-order valence-corrected chi connectivity index (χ2v) is 6.13. The Morgan fingerprint density at radius 2 is 2.14 bits per heavy atom. The molecule has 0 spiro atoms. The van der Waals surface area contributed by atoms with Crippen molar-refractivity contribution in [1.82, 2.24) is 15.2 Å². The lowest BCUT2D eigenvalue weighted by Crippen LogP contribution is -2.54. The van der Waals surface area contributed by atoms with Gasteiger partial charge in [-0.1, -0.05) is 6.92 Å². The minimum atomic E-state index is -0.358. The SMILES string of the molecule is CCCNC(C#N)(CN(C)CCc1ccncc1)C1CC1. The number of aromatic nitrogens is 1. The molecule has 1 atom stereocenters. The molecule has 0 aromatic carbocycles. The molecule has 1 N–H and O–H groups in total. The third kappa shape index (κ3) is 4.52. The van der Waals surface area contributed by atoms with Crippen LogP contribution in [0.15, 0.2) is 24.5 Å². The third-order valence-corrected chi connectivity index (χ3v) is 4.22. The lowest BCUT2D eigenvalue weighted by molar-refractivity contribution is 0.230. The summed E-state index contributed by atoms with van der Waals surface area (Å²) in [6.45, 7) is 4.84. The molecule has 4 nitrogen and oxygen atoms in total. The van der Waals surface area contributed by atoms with E-state index in [4.69, 9.17) is 0 Å². The molecule has 0 radical (unpaired) electrons. The highest BCUT2D eigenvalue weighted by atomic mass is 15.2. The Labute approximate surface area is 128 Å². The van der Waals surface area contributed by atoms with Crippen LogP contribution in [0.5, 0.6) is 0 Å². The number of nitrogens with one attached hydrogen (secondary N) is 1. The van der Waals surface area contributed by atoms with Crippen LogP contribution in [0, 0.1) is 17.2 Å². The Balaban J connectivity index is 1.89. The smallest absolute Gasteiger partial charge is 0.122 e. The van der Waals surface area contributed by atoms with Crippen molar-refractivity contribution < 1.29 is 0 Å². The molecule has 4 heteroatoms. The predicted molar refractivity (Wildman–Crippen MR) is 84.8 cm³/mol. The summed E-state index contributed by atoms with van der Waals surface area (Å²) in [6.07, 6.45) is 8.10. The highest BCUT2D eigenvalue weighted by Gasteiger charge is 2.45. The minimum Gasteiger partial charge on any atom is -0.303 e.